The predicted molar refractivity (Wildman–Crippen MR) is 32.5 cm³/mol. The summed E-state index contributed by atoms with van der Waals surface area (Å²) in [5.41, 5.74) is 0.111. The average Bonchev–Trinajstić information content (AvgIpc) is 2.22. The fourth-order valence-electron chi connectivity index (χ4n) is 1.66. The molecule has 1 saturated heterocycles. The van der Waals surface area contributed by atoms with Crippen LogP contribution in [0.4, 0.5) is 0 Å². The van der Waals surface area contributed by atoms with E-state index in [0.717, 1.165) is 12.8 Å². The predicted octanol–water partition coefficient (Wildman–Crippen LogP) is 1.32. The standard InChI is InChI=1S/C7H11O2/c1-7-4-2-3-6(7)9-8-5-7/h6H,1-5H2. The van der Waals surface area contributed by atoms with Crippen molar-refractivity contribution in [3.05, 3.63) is 6.92 Å². The zero-order valence-electron chi connectivity index (χ0n) is 5.43. The molecule has 2 fully saturated rings. The summed E-state index contributed by atoms with van der Waals surface area (Å²) in [7, 11) is 0. The molecule has 1 radical (unpaired) electrons. The highest BCUT2D eigenvalue weighted by atomic mass is 17.2. The number of hydrogen-bond donors (Lipinski definition) is 0. The molecule has 2 nitrogen and oxygen atoms in total. The highest BCUT2D eigenvalue weighted by molar-refractivity contribution is 4.96. The molecular formula is C7H11O2. The van der Waals surface area contributed by atoms with E-state index in [0.29, 0.717) is 6.61 Å². The lowest BCUT2D eigenvalue weighted by Crippen LogP contribution is -2.23. The van der Waals surface area contributed by atoms with Crippen molar-refractivity contribution in [1.29, 1.82) is 0 Å². The fourth-order valence-corrected chi connectivity index (χ4v) is 1.66. The van der Waals surface area contributed by atoms with E-state index >= 15 is 0 Å². The van der Waals surface area contributed by atoms with E-state index in [4.69, 9.17) is 9.78 Å². The summed E-state index contributed by atoms with van der Waals surface area (Å²) in [6, 6.07) is 0. The Morgan fingerprint density at radius 3 is 3.22 bits per heavy atom. The lowest BCUT2D eigenvalue weighted by Gasteiger charge is -2.16. The first-order valence-corrected chi connectivity index (χ1v) is 3.45. The molecule has 1 aliphatic heterocycles. The maximum Gasteiger partial charge on any atom is 0.101 e. The van der Waals surface area contributed by atoms with Crippen LogP contribution in [0.2, 0.25) is 0 Å². The Morgan fingerprint density at radius 2 is 2.44 bits per heavy atom. The van der Waals surface area contributed by atoms with Gasteiger partial charge in [-0.2, -0.15) is 0 Å². The van der Waals surface area contributed by atoms with Gasteiger partial charge in [-0.15, -0.1) is 0 Å². The van der Waals surface area contributed by atoms with Crippen molar-refractivity contribution >= 4 is 0 Å². The Balaban J connectivity index is 2.17. The molecule has 0 aromatic heterocycles. The van der Waals surface area contributed by atoms with Crippen LogP contribution in [0.3, 0.4) is 0 Å². The van der Waals surface area contributed by atoms with Gasteiger partial charge in [-0.25, -0.2) is 9.78 Å². The molecule has 9 heavy (non-hydrogen) atoms. The largest absolute Gasteiger partial charge is 0.236 e. The Morgan fingerprint density at radius 1 is 1.56 bits per heavy atom. The van der Waals surface area contributed by atoms with Crippen molar-refractivity contribution in [1.82, 2.24) is 0 Å². The number of hydrogen-bond acceptors (Lipinski definition) is 2. The van der Waals surface area contributed by atoms with E-state index in [2.05, 4.69) is 6.92 Å². The third-order valence-electron chi connectivity index (χ3n) is 2.35. The van der Waals surface area contributed by atoms with Gasteiger partial charge in [0.25, 0.3) is 0 Å². The van der Waals surface area contributed by atoms with Gasteiger partial charge < -0.3 is 0 Å². The van der Waals surface area contributed by atoms with Gasteiger partial charge in [0.2, 0.25) is 0 Å². The Bertz CT molecular complexity index is 112. The van der Waals surface area contributed by atoms with E-state index in [-0.39, 0.29) is 11.5 Å². The third-order valence-corrected chi connectivity index (χ3v) is 2.35. The molecule has 1 saturated carbocycles. The molecule has 1 aliphatic carbocycles. The molecule has 2 heteroatoms. The molecule has 0 amide bonds. The number of rotatable bonds is 0. The first kappa shape index (κ1) is 5.69. The maximum absolute atomic E-state index is 5.02. The van der Waals surface area contributed by atoms with Crippen molar-refractivity contribution in [2.75, 3.05) is 6.61 Å². The second-order valence-electron chi connectivity index (χ2n) is 3.10. The van der Waals surface area contributed by atoms with Crippen LogP contribution in [-0.4, -0.2) is 12.7 Å². The van der Waals surface area contributed by atoms with Crippen LogP contribution in [0.1, 0.15) is 19.3 Å². The minimum atomic E-state index is 0.111. The Labute approximate surface area is 55.1 Å². The Hall–Kier alpha value is -0.0800. The van der Waals surface area contributed by atoms with E-state index in [1.54, 1.807) is 0 Å². The fraction of sp³-hybridized carbons (Fsp3) is 0.857. The third kappa shape index (κ3) is 0.700. The molecule has 2 unspecified atom stereocenters. The summed E-state index contributed by atoms with van der Waals surface area (Å²) in [6.07, 6.45) is 3.83. The second kappa shape index (κ2) is 1.70. The lowest BCUT2D eigenvalue weighted by molar-refractivity contribution is -0.274. The van der Waals surface area contributed by atoms with Crippen molar-refractivity contribution < 1.29 is 9.78 Å². The molecule has 2 rings (SSSR count). The van der Waals surface area contributed by atoms with Gasteiger partial charge in [0.1, 0.15) is 6.10 Å². The maximum atomic E-state index is 5.02. The van der Waals surface area contributed by atoms with Crippen molar-refractivity contribution in [3.63, 3.8) is 0 Å². The smallest absolute Gasteiger partial charge is 0.101 e. The van der Waals surface area contributed by atoms with Crippen molar-refractivity contribution in [2.45, 2.75) is 25.4 Å². The molecule has 0 spiro atoms. The van der Waals surface area contributed by atoms with Crippen LogP contribution in [0.25, 0.3) is 0 Å². The first-order valence-electron chi connectivity index (χ1n) is 3.45. The molecule has 0 aromatic carbocycles. The van der Waals surface area contributed by atoms with Gasteiger partial charge in [0.15, 0.2) is 0 Å². The van der Waals surface area contributed by atoms with Gasteiger partial charge in [-0.1, -0.05) is 0 Å². The van der Waals surface area contributed by atoms with E-state index in [1.165, 1.54) is 6.42 Å². The first-order chi connectivity index (χ1) is 4.31. The molecule has 51 valence electrons. The van der Waals surface area contributed by atoms with E-state index in [1.807, 2.05) is 0 Å². The molecule has 0 bridgehead atoms. The molecular weight excluding hydrogens is 116 g/mol. The molecule has 1 heterocycles. The molecule has 2 atom stereocenters. The second-order valence-corrected chi connectivity index (χ2v) is 3.10. The lowest BCUT2D eigenvalue weighted by atomic mass is 9.88. The van der Waals surface area contributed by atoms with Crippen LogP contribution in [0.5, 0.6) is 0 Å². The van der Waals surface area contributed by atoms with Crippen LogP contribution < -0.4 is 0 Å². The number of fused-ring (bicyclic) bond motifs is 1. The van der Waals surface area contributed by atoms with Crippen LogP contribution in [-0.2, 0) is 9.78 Å². The molecule has 0 N–H and O–H groups in total. The van der Waals surface area contributed by atoms with Crippen LogP contribution in [0.15, 0.2) is 0 Å². The summed E-state index contributed by atoms with van der Waals surface area (Å²) < 4.78 is 0. The van der Waals surface area contributed by atoms with Gasteiger partial charge in [-0.05, 0) is 26.2 Å². The molecule has 0 aromatic rings. The summed E-state index contributed by atoms with van der Waals surface area (Å²) in [4.78, 5) is 9.87. The monoisotopic (exact) mass is 127 g/mol. The Kier molecular flexibility index (Phi) is 1.08. The van der Waals surface area contributed by atoms with Gasteiger partial charge in [-0.3, -0.25) is 0 Å². The zero-order chi connectivity index (χ0) is 6.32. The van der Waals surface area contributed by atoms with E-state index < -0.39 is 0 Å². The van der Waals surface area contributed by atoms with Gasteiger partial charge in [0, 0.05) is 5.41 Å². The summed E-state index contributed by atoms with van der Waals surface area (Å²) in [5.74, 6) is 0. The summed E-state index contributed by atoms with van der Waals surface area (Å²) in [6.45, 7) is 4.77. The average molecular weight is 127 g/mol. The quantitative estimate of drug-likeness (QED) is 0.457. The summed E-state index contributed by atoms with van der Waals surface area (Å²) in [5, 5.41) is 0. The minimum absolute atomic E-state index is 0.111. The SMILES string of the molecule is [CH2]C12CCCC1OOC2. The van der Waals surface area contributed by atoms with Crippen LogP contribution in [0, 0.1) is 12.3 Å². The van der Waals surface area contributed by atoms with Crippen LogP contribution >= 0.6 is 0 Å². The van der Waals surface area contributed by atoms with Gasteiger partial charge >= 0.3 is 0 Å². The molecule has 2 aliphatic rings. The summed E-state index contributed by atoms with van der Waals surface area (Å²) >= 11 is 0. The zero-order valence-corrected chi connectivity index (χ0v) is 5.43. The van der Waals surface area contributed by atoms with Crippen molar-refractivity contribution in [2.24, 2.45) is 5.41 Å². The van der Waals surface area contributed by atoms with Gasteiger partial charge in [0.05, 0.1) is 6.61 Å². The highest BCUT2D eigenvalue weighted by Crippen LogP contribution is 2.43. The highest BCUT2D eigenvalue weighted by Gasteiger charge is 2.45. The minimum Gasteiger partial charge on any atom is -0.236 e. The normalized spacial score (nSPS) is 49.7. The topological polar surface area (TPSA) is 18.5 Å². The van der Waals surface area contributed by atoms with Crippen molar-refractivity contribution in [3.8, 4) is 0 Å². The van der Waals surface area contributed by atoms with E-state index in [9.17, 15) is 0 Å².